The number of furan rings is 1. The summed E-state index contributed by atoms with van der Waals surface area (Å²) in [5.41, 5.74) is 2.09. The van der Waals surface area contributed by atoms with Crippen molar-refractivity contribution in [2.75, 3.05) is 25.6 Å². The fourth-order valence-corrected chi connectivity index (χ4v) is 5.49. The Morgan fingerprint density at radius 3 is 2.93 bits per heavy atom. The van der Waals surface area contributed by atoms with Crippen LogP contribution in [0.25, 0.3) is 11.0 Å². The van der Waals surface area contributed by atoms with Crippen LogP contribution in [0, 0.1) is 0 Å². The summed E-state index contributed by atoms with van der Waals surface area (Å²) < 4.78 is 17.4. The molecule has 1 aromatic carbocycles. The van der Waals surface area contributed by atoms with Gasteiger partial charge in [-0.25, -0.2) is 4.79 Å². The summed E-state index contributed by atoms with van der Waals surface area (Å²) in [6, 6.07) is 3.96. The number of urea groups is 1. The monoisotopic (exact) mass is 433 g/mol. The highest BCUT2D eigenvalue weighted by atomic mass is 35.5. The van der Waals surface area contributed by atoms with Gasteiger partial charge in [0.25, 0.3) is 0 Å². The van der Waals surface area contributed by atoms with E-state index in [4.69, 9.17) is 25.5 Å². The topological polar surface area (TPSA) is 84.8 Å². The summed E-state index contributed by atoms with van der Waals surface area (Å²) in [7, 11) is 1.72. The van der Waals surface area contributed by atoms with E-state index in [0.717, 1.165) is 61.0 Å². The van der Waals surface area contributed by atoms with E-state index < -0.39 is 5.54 Å². The van der Waals surface area contributed by atoms with E-state index in [2.05, 4.69) is 16.0 Å². The van der Waals surface area contributed by atoms with Crippen molar-refractivity contribution in [2.45, 2.75) is 62.8 Å². The van der Waals surface area contributed by atoms with Crippen LogP contribution in [0.4, 0.5) is 10.5 Å². The highest BCUT2D eigenvalue weighted by molar-refractivity contribution is 6.35. The molecule has 1 saturated carbocycles. The molecule has 1 spiro atoms. The van der Waals surface area contributed by atoms with Crippen LogP contribution in [0.2, 0.25) is 5.02 Å². The van der Waals surface area contributed by atoms with E-state index >= 15 is 0 Å². The summed E-state index contributed by atoms with van der Waals surface area (Å²) in [6.07, 6.45) is 6.07. The molecule has 0 bridgehead atoms. The second-order valence-corrected chi connectivity index (χ2v) is 8.99. The second-order valence-electron chi connectivity index (χ2n) is 8.59. The Morgan fingerprint density at radius 2 is 2.13 bits per heavy atom. The van der Waals surface area contributed by atoms with E-state index in [1.54, 1.807) is 7.11 Å². The fourth-order valence-electron chi connectivity index (χ4n) is 5.23. The Morgan fingerprint density at radius 1 is 1.30 bits per heavy atom. The first-order chi connectivity index (χ1) is 14.6. The van der Waals surface area contributed by atoms with Crippen LogP contribution >= 0.6 is 11.6 Å². The van der Waals surface area contributed by atoms with Gasteiger partial charge in [-0.15, -0.1) is 0 Å². The first-order valence-corrected chi connectivity index (χ1v) is 11.2. The predicted octanol–water partition coefficient (Wildman–Crippen LogP) is 4.27. The number of fused-ring (bicyclic) bond motifs is 4. The number of methoxy groups -OCH3 is 1. The van der Waals surface area contributed by atoms with Crippen LogP contribution in [-0.4, -0.2) is 38.5 Å². The fraction of sp³-hybridized carbons (Fsp3) is 0.591. The van der Waals surface area contributed by atoms with Crippen molar-refractivity contribution < 1.29 is 18.7 Å². The molecule has 30 heavy (non-hydrogen) atoms. The van der Waals surface area contributed by atoms with Gasteiger partial charge in [-0.3, -0.25) is 0 Å². The standard InChI is InChI=1S/C22H28ClN3O4/c1-28-17-12-29-8-5-16(17)24-11-14-9-13-10-15(23)19-18(20(13)30-14)22(26-21(27)25-19)6-3-2-4-7-22/h9-10,16-17,24H,2-8,11-12H2,1H3,(H2,25,26,27)/t16?,17-/m0/s1. The molecule has 7 nitrogen and oxygen atoms in total. The number of nitrogens with one attached hydrogen (secondary N) is 3. The lowest BCUT2D eigenvalue weighted by Crippen LogP contribution is -2.52. The van der Waals surface area contributed by atoms with Crippen LogP contribution in [0.5, 0.6) is 0 Å². The van der Waals surface area contributed by atoms with Crippen molar-refractivity contribution >= 4 is 34.3 Å². The zero-order valence-corrected chi connectivity index (χ0v) is 17.9. The van der Waals surface area contributed by atoms with Crippen LogP contribution in [0.1, 0.15) is 49.8 Å². The Balaban J connectivity index is 1.49. The molecule has 3 heterocycles. The molecule has 2 aromatic rings. The minimum atomic E-state index is -0.413. The first-order valence-electron chi connectivity index (χ1n) is 10.8. The molecule has 1 unspecified atom stereocenters. The summed E-state index contributed by atoms with van der Waals surface area (Å²) in [6.45, 7) is 1.93. The zero-order valence-electron chi connectivity index (χ0n) is 17.2. The van der Waals surface area contributed by atoms with Gasteiger partial charge < -0.3 is 29.8 Å². The highest BCUT2D eigenvalue weighted by Crippen LogP contribution is 2.48. The zero-order chi connectivity index (χ0) is 20.7. The summed E-state index contributed by atoms with van der Waals surface area (Å²) >= 11 is 6.60. The van der Waals surface area contributed by atoms with Gasteiger partial charge in [0.15, 0.2) is 0 Å². The second kappa shape index (κ2) is 8.04. The predicted molar refractivity (Wildman–Crippen MR) is 115 cm³/mol. The Hall–Kier alpha value is -1.80. The number of amides is 2. The molecular formula is C22H28ClN3O4. The molecule has 1 aliphatic carbocycles. The smallest absolute Gasteiger partial charge is 0.319 e. The van der Waals surface area contributed by atoms with Gasteiger partial charge >= 0.3 is 6.03 Å². The molecule has 8 heteroatoms. The number of benzene rings is 1. The van der Waals surface area contributed by atoms with Crippen LogP contribution in [0.3, 0.4) is 0 Å². The molecule has 5 rings (SSSR count). The molecule has 2 atom stereocenters. The van der Waals surface area contributed by atoms with E-state index in [9.17, 15) is 4.79 Å². The number of halogens is 1. The molecular weight excluding hydrogens is 406 g/mol. The Bertz CT molecular complexity index is 953. The van der Waals surface area contributed by atoms with Crippen molar-refractivity contribution in [3.8, 4) is 0 Å². The average molecular weight is 434 g/mol. The summed E-state index contributed by atoms with van der Waals surface area (Å²) in [5, 5.41) is 11.2. The molecule has 2 fully saturated rings. The molecule has 2 amide bonds. The third kappa shape index (κ3) is 3.47. The van der Waals surface area contributed by atoms with E-state index in [0.29, 0.717) is 23.9 Å². The SMILES string of the molecule is CO[C@H]1COCCC1NCc1cc2cc(Cl)c3c(c2o1)C1(CCCCC1)NC(=O)N3. The van der Waals surface area contributed by atoms with Crippen molar-refractivity contribution in [1.29, 1.82) is 0 Å². The number of rotatable bonds is 4. The number of ether oxygens (including phenoxy) is 2. The third-order valence-corrected chi connectivity index (χ3v) is 7.03. The van der Waals surface area contributed by atoms with E-state index in [1.807, 2.05) is 12.1 Å². The quantitative estimate of drug-likeness (QED) is 0.670. The van der Waals surface area contributed by atoms with Gasteiger partial charge in [-0.05, 0) is 31.4 Å². The molecule has 3 aliphatic rings. The minimum Gasteiger partial charge on any atom is -0.459 e. The summed E-state index contributed by atoms with van der Waals surface area (Å²) in [4.78, 5) is 12.4. The number of hydrogen-bond donors (Lipinski definition) is 3. The number of hydrogen-bond acceptors (Lipinski definition) is 5. The molecule has 1 saturated heterocycles. The average Bonchev–Trinajstić information content (AvgIpc) is 3.15. The lowest BCUT2D eigenvalue weighted by atomic mass is 9.74. The van der Waals surface area contributed by atoms with E-state index in [1.165, 1.54) is 6.42 Å². The normalized spacial score (nSPS) is 25.7. The van der Waals surface area contributed by atoms with Gasteiger partial charge in [0.05, 0.1) is 35.5 Å². The molecule has 0 radical (unpaired) electrons. The van der Waals surface area contributed by atoms with Gasteiger partial charge in [-0.2, -0.15) is 0 Å². The van der Waals surface area contributed by atoms with Gasteiger partial charge in [0, 0.05) is 30.7 Å². The third-order valence-electron chi connectivity index (χ3n) is 6.73. The lowest BCUT2D eigenvalue weighted by Gasteiger charge is -2.42. The van der Waals surface area contributed by atoms with Gasteiger partial charge in [0.1, 0.15) is 11.3 Å². The number of carbonyl (C=O) groups excluding carboxylic acids is 1. The summed E-state index contributed by atoms with van der Waals surface area (Å²) in [5.74, 6) is 0.846. The van der Waals surface area contributed by atoms with Gasteiger partial charge in [0.2, 0.25) is 0 Å². The largest absolute Gasteiger partial charge is 0.459 e. The first kappa shape index (κ1) is 20.1. The number of carbonyl (C=O) groups is 1. The molecule has 2 aliphatic heterocycles. The number of anilines is 1. The van der Waals surface area contributed by atoms with Crippen molar-refractivity contribution in [3.63, 3.8) is 0 Å². The molecule has 1 aromatic heterocycles. The van der Waals surface area contributed by atoms with Crippen LogP contribution in [-0.2, 0) is 21.6 Å². The maximum atomic E-state index is 12.4. The Kier molecular flexibility index (Phi) is 5.39. The lowest BCUT2D eigenvalue weighted by molar-refractivity contribution is -0.0504. The van der Waals surface area contributed by atoms with Gasteiger partial charge in [-0.1, -0.05) is 30.9 Å². The van der Waals surface area contributed by atoms with Crippen LogP contribution in [0.15, 0.2) is 16.5 Å². The molecule has 162 valence electrons. The Labute approximate surface area is 180 Å². The maximum absolute atomic E-state index is 12.4. The minimum absolute atomic E-state index is 0.0373. The molecule has 3 N–H and O–H groups in total. The van der Waals surface area contributed by atoms with Crippen molar-refractivity contribution in [1.82, 2.24) is 10.6 Å². The van der Waals surface area contributed by atoms with Crippen molar-refractivity contribution in [3.05, 3.63) is 28.5 Å². The van der Waals surface area contributed by atoms with Crippen LogP contribution < -0.4 is 16.0 Å². The van der Waals surface area contributed by atoms with Crippen molar-refractivity contribution in [2.24, 2.45) is 0 Å². The van der Waals surface area contributed by atoms with E-state index in [-0.39, 0.29) is 18.2 Å². The highest BCUT2D eigenvalue weighted by Gasteiger charge is 2.43. The maximum Gasteiger partial charge on any atom is 0.319 e.